The van der Waals surface area contributed by atoms with Crippen LogP contribution in [0.5, 0.6) is 5.75 Å². The van der Waals surface area contributed by atoms with Crippen LogP contribution in [-0.2, 0) is 6.54 Å². The number of rotatable bonds is 5. The molecule has 0 amide bonds. The minimum Gasteiger partial charge on any atom is -0.507 e. The van der Waals surface area contributed by atoms with Crippen molar-refractivity contribution in [3.63, 3.8) is 0 Å². The second-order valence-electron chi connectivity index (χ2n) is 4.79. The van der Waals surface area contributed by atoms with Gasteiger partial charge in [-0.15, -0.1) is 0 Å². The number of aromatic hydroxyl groups is 1. The summed E-state index contributed by atoms with van der Waals surface area (Å²) in [6, 6.07) is 5.93. The molecule has 0 fully saturated rings. The van der Waals surface area contributed by atoms with E-state index in [2.05, 4.69) is 25.8 Å². The van der Waals surface area contributed by atoms with Gasteiger partial charge in [0.25, 0.3) is 0 Å². The Morgan fingerprint density at radius 1 is 1.38 bits per heavy atom. The summed E-state index contributed by atoms with van der Waals surface area (Å²) in [7, 11) is 2.11. The fourth-order valence-electron chi connectivity index (χ4n) is 1.86. The summed E-state index contributed by atoms with van der Waals surface area (Å²) in [5.41, 5.74) is 1.97. The summed E-state index contributed by atoms with van der Waals surface area (Å²) in [6.07, 6.45) is 1.20. The summed E-state index contributed by atoms with van der Waals surface area (Å²) in [5.74, 6) is 1.15. The summed E-state index contributed by atoms with van der Waals surface area (Å²) >= 11 is 0. The van der Waals surface area contributed by atoms with Crippen molar-refractivity contribution in [1.29, 1.82) is 0 Å². The van der Waals surface area contributed by atoms with Crippen molar-refractivity contribution in [2.45, 2.75) is 33.7 Å². The SMILES string of the molecule is CCC(C)CN(C)Cc1cccc(C)c1O. The molecular weight excluding hydrogens is 198 g/mol. The molecule has 16 heavy (non-hydrogen) atoms. The van der Waals surface area contributed by atoms with Gasteiger partial charge >= 0.3 is 0 Å². The average molecular weight is 221 g/mol. The second-order valence-corrected chi connectivity index (χ2v) is 4.79. The molecule has 0 spiro atoms. The number of para-hydroxylation sites is 1. The van der Waals surface area contributed by atoms with E-state index in [1.807, 2.05) is 25.1 Å². The van der Waals surface area contributed by atoms with Gasteiger partial charge in [0.15, 0.2) is 0 Å². The lowest BCUT2D eigenvalue weighted by Crippen LogP contribution is -2.23. The van der Waals surface area contributed by atoms with Crippen LogP contribution in [0.15, 0.2) is 18.2 Å². The van der Waals surface area contributed by atoms with E-state index in [9.17, 15) is 5.11 Å². The number of nitrogens with zero attached hydrogens (tertiary/aromatic N) is 1. The number of phenolic OH excluding ortho intramolecular Hbond substituents is 1. The third kappa shape index (κ3) is 3.53. The van der Waals surface area contributed by atoms with Gasteiger partial charge in [0.2, 0.25) is 0 Å². The Kier molecular flexibility index (Phi) is 4.81. The van der Waals surface area contributed by atoms with Crippen LogP contribution >= 0.6 is 0 Å². The highest BCUT2D eigenvalue weighted by Crippen LogP contribution is 2.22. The van der Waals surface area contributed by atoms with Crippen LogP contribution in [0.3, 0.4) is 0 Å². The van der Waals surface area contributed by atoms with Crippen LogP contribution in [0.1, 0.15) is 31.4 Å². The van der Waals surface area contributed by atoms with Crippen LogP contribution in [0.2, 0.25) is 0 Å². The molecule has 0 heterocycles. The van der Waals surface area contributed by atoms with Gasteiger partial charge in [-0.05, 0) is 25.5 Å². The van der Waals surface area contributed by atoms with Gasteiger partial charge in [-0.1, -0.05) is 38.5 Å². The highest BCUT2D eigenvalue weighted by atomic mass is 16.3. The Morgan fingerprint density at radius 2 is 2.06 bits per heavy atom. The normalized spacial score (nSPS) is 13.1. The topological polar surface area (TPSA) is 23.5 Å². The van der Waals surface area contributed by atoms with Gasteiger partial charge < -0.3 is 10.0 Å². The first-order valence-electron chi connectivity index (χ1n) is 6.00. The van der Waals surface area contributed by atoms with Crippen molar-refractivity contribution in [3.05, 3.63) is 29.3 Å². The highest BCUT2D eigenvalue weighted by molar-refractivity contribution is 5.39. The van der Waals surface area contributed by atoms with Crippen LogP contribution < -0.4 is 0 Å². The highest BCUT2D eigenvalue weighted by Gasteiger charge is 2.08. The van der Waals surface area contributed by atoms with Crippen molar-refractivity contribution in [1.82, 2.24) is 4.90 Å². The van der Waals surface area contributed by atoms with E-state index in [-0.39, 0.29) is 0 Å². The number of hydrogen-bond donors (Lipinski definition) is 1. The fraction of sp³-hybridized carbons (Fsp3) is 0.571. The third-order valence-corrected chi connectivity index (χ3v) is 3.08. The largest absolute Gasteiger partial charge is 0.507 e. The molecule has 0 radical (unpaired) electrons. The van der Waals surface area contributed by atoms with Gasteiger partial charge in [0.1, 0.15) is 5.75 Å². The molecule has 1 unspecified atom stereocenters. The van der Waals surface area contributed by atoms with E-state index >= 15 is 0 Å². The summed E-state index contributed by atoms with van der Waals surface area (Å²) in [6.45, 7) is 8.30. The van der Waals surface area contributed by atoms with Crippen LogP contribution in [0.4, 0.5) is 0 Å². The lowest BCUT2D eigenvalue weighted by molar-refractivity contribution is 0.271. The minimum absolute atomic E-state index is 0.443. The molecule has 1 aromatic carbocycles. The number of phenols is 1. The van der Waals surface area contributed by atoms with Crippen LogP contribution in [0.25, 0.3) is 0 Å². The molecule has 0 saturated carbocycles. The maximum absolute atomic E-state index is 9.91. The Balaban J connectivity index is 2.62. The van der Waals surface area contributed by atoms with E-state index < -0.39 is 0 Å². The molecule has 0 aliphatic carbocycles. The first-order valence-corrected chi connectivity index (χ1v) is 6.00. The Morgan fingerprint density at radius 3 is 2.69 bits per heavy atom. The van der Waals surface area contributed by atoms with Gasteiger partial charge in [0, 0.05) is 18.7 Å². The van der Waals surface area contributed by atoms with Gasteiger partial charge in [-0.25, -0.2) is 0 Å². The van der Waals surface area contributed by atoms with Crippen molar-refractivity contribution >= 4 is 0 Å². The van der Waals surface area contributed by atoms with Crippen molar-refractivity contribution in [2.75, 3.05) is 13.6 Å². The minimum atomic E-state index is 0.443. The zero-order chi connectivity index (χ0) is 12.1. The van der Waals surface area contributed by atoms with E-state index in [4.69, 9.17) is 0 Å². The zero-order valence-electron chi connectivity index (χ0n) is 10.8. The van der Waals surface area contributed by atoms with Crippen LogP contribution in [0, 0.1) is 12.8 Å². The van der Waals surface area contributed by atoms with Gasteiger partial charge in [-0.2, -0.15) is 0 Å². The number of aryl methyl sites for hydroxylation is 1. The molecule has 0 aliphatic rings. The molecule has 1 aromatic rings. The fourth-order valence-corrected chi connectivity index (χ4v) is 1.86. The predicted molar refractivity (Wildman–Crippen MR) is 68.6 cm³/mol. The molecular formula is C14H23NO. The van der Waals surface area contributed by atoms with Gasteiger partial charge in [0.05, 0.1) is 0 Å². The molecule has 0 aliphatic heterocycles. The van der Waals surface area contributed by atoms with Crippen molar-refractivity contribution < 1.29 is 5.11 Å². The Labute approximate surface area is 98.9 Å². The molecule has 0 bridgehead atoms. The maximum Gasteiger partial charge on any atom is 0.122 e. The molecule has 90 valence electrons. The van der Waals surface area contributed by atoms with E-state index in [1.165, 1.54) is 6.42 Å². The second kappa shape index (κ2) is 5.90. The molecule has 1 N–H and O–H groups in total. The number of benzene rings is 1. The summed E-state index contributed by atoms with van der Waals surface area (Å²) < 4.78 is 0. The Bertz CT molecular complexity index is 336. The third-order valence-electron chi connectivity index (χ3n) is 3.08. The monoisotopic (exact) mass is 221 g/mol. The van der Waals surface area contributed by atoms with Gasteiger partial charge in [-0.3, -0.25) is 0 Å². The van der Waals surface area contributed by atoms with E-state index in [0.29, 0.717) is 11.7 Å². The van der Waals surface area contributed by atoms with E-state index in [0.717, 1.165) is 24.2 Å². The zero-order valence-corrected chi connectivity index (χ0v) is 10.8. The van der Waals surface area contributed by atoms with E-state index in [1.54, 1.807) is 0 Å². The van der Waals surface area contributed by atoms with Crippen molar-refractivity contribution in [3.8, 4) is 5.75 Å². The Hall–Kier alpha value is -1.02. The molecule has 1 rings (SSSR count). The molecule has 0 saturated heterocycles. The maximum atomic E-state index is 9.91. The smallest absolute Gasteiger partial charge is 0.122 e. The van der Waals surface area contributed by atoms with Crippen LogP contribution in [-0.4, -0.2) is 23.6 Å². The standard InChI is InChI=1S/C14H23NO/c1-5-11(2)9-15(4)10-13-8-6-7-12(3)14(13)16/h6-8,11,16H,5,9-10H2,1-4H3. The number of hydrogen-bond acceptors (Lipinski definition) is 2. The summed E-state index contributed by atoms with van der Waals surface area (Å²) in [4.78, 5) is 2.27. The predicted octanol–water partition coefficient (Wildman–Crippen LogP) is 3.18. The quantitative estimate of drug-likeness (QED) is 0.825. The molecule has 2 nitrogen and oxygen atoms in total. The molecule has 1 atom stereocenters. The first kappa shape index (κ1) is 13.0. The lowest BCUT2D eigenvalue weighted by atomic mass is 10.1. The van der Waals surface area contributed by atoms with Crippen molar-refractivity contribution in [2.24, 2.45) is 5.92 Å². The molecule has 0 aromatic heterocycles. The lowest BCUT2D eigenvalue weighted by Gasteiger charge is -2.21. The summed E-state index contributed by atoms with van der Waals surface area (Å²) in [5, 5.41) is 9.91. The average Bonchev–Trinajstić information content (AvgIpc) is 2.24. The first-order chi connectivity index (χ1) is 7.54. The molecule has 2 heteroatoms.